The van der Waals surface area contributed by atoms with Crippen LogP contribution in [0.1, 0.15) is 72.8 Å². The number of rotatable bonds is 11. The normalized spacial score (nSPS) is 20.1. The van der Waals surface area contributed by atoms with Crippen molar-refractivity contribution in [2.45, 2.75) is 101 Å². The van der Waals surface area contributed by atoms with Gasteiger partial charge in [0.1, 0.15) is 43.3 Å². The molecule has 1 N–H and O–H groups in total. The number of pyridine rings is 1. The van der Waals surface area contributed by atoms with Crippen molar-refractivity contribution < 1.29 is 32.9 Å². The fraction of sp³-hybridized carbons (Fsp3) is 0.489. The average molecular weight is 851 g/mol. The Balaban J connectivity index is 1.31. The molecule has 322 valence electrons. The molecule has 2 aromatic heterocycles. The minimum Gasteiger partial charge on any atom is -0.468 e. The van der Waals surface area contributed by atoms with Crippen molar-refractivity contribution in [1.29, 1.82) is 0 Å². The number of benzene rings is 2. The van der Waals surface area contributed by atoms with E-state index in [0.29, 0.717) is 70.3 Å². The topological polar surface area (TPSA) is 113 Å². The molecule has 4 fully saturated rings. The molecule has 4 aliphatic heterocycles. The van der Waals surface area contributed by atoms with Gasteiger partial charge in [0.05, 0.1) is 28.6 Å². The first-order valence-corrected chi connectivity index (χ1v) is 23.5. The predicted molar refractivity (Wildman–Crippen MR) is 237 cm³/mol. The minimum absolute atomic E-state index is 0.00657. The van der Waals surface area contributed by atoms with Gasteiger partial charge in [-0.3, -0.25) is 14.8 Å². The highest BCUT2D eigenvalue weighted by atomic mass is 28.3. The smallest absolute Gasteiger partial charge is 0.407 e. The number of halogens is 2. The second-order valence-electron chi connectivity index (χ2n) is 18.4. The highest BCUT2D eigenvalue weighted by Gasteiger charge is 2.49. The Labute approximate surface area is 357 Å². The molecule has 4 aliphatic rings. The van der Waals surface area contributed by atoms with Crippen LogP contribution in [0.15, 0.2) is 54.8 Å². The third kappa shape index (κ3) is 7.42. The van der Waals surface area contributed by atoms with Gasteiger partial charge < -0.3 is 24.2 Å². The molecule has 4 saturated heterocycles. The zero-order valence-corrected chi connectivity index (χ0v) is 37.3. The Morgan fingerprint density at radius 3 is 2.25 bits per heavy atom. The Morgan fingerprint density at radius 2 is 1.64 bits per heavy atom. The van der Waals surface area contributed by atoms with E-state index in [9.17, 15) is 9.90 Å². The van der Waals surface area contributed by atoms with Crippen molar-refractivity contribution >= 4 is 41.7 Å². The van der Waals surface area contributed by atoms with Crippen LogP contribution in [0.5, 0.6) is 11.8 Å². The summed E-state index contributed by atoms with van der Waals surface area (Å²) in [7, 11) is -0.804. The number of hydrogen-bond acceptors (Lipinski definition) is 9. The summed E-state index contributed by atoms with van der Waals surface area (Å²) in [4.78, 5) is 32.5. The van der Waals surface area contributed by atoms with E-state index in [1.165, 1.54) is 18.1 Å². The SMILES string of the molecule is C=C1CN2CC(=C)CC2(COc2nc(N3C[C@H]4CC[C@@H](C3)N4C(=O)O)c3cnc(-c4cc(OCOC)cc5ccc(F)c(C#C[Si](C(C)C)(C(C)C)C(C)C)c45)c(F)c3n2)C1. The third-order valence-corrected chi connectivity index (χ3v) is 20.0. The maximum absolute atomic E-state index is 17.8. The van der Waals surface area contributed by atoms with Gasteiger partial charge in [-0.25, -0.2) is 13.6 Å². The number of hydrogen-bond donors (Lipinski definition) is 1. The lowest BCUT2D eigenvalue weighted by molar-refractivity contribution is 0.0512. The molecule has 8 rings (SSSR count). The predicted octanol–water partition coefficient (Wildman–Crippen LogP) is 9.35. The van der Waals surface area contributed by atoms with Crippen LogP contribution >= 0.6 is 0 Å². The van der Waals surface area contributed by atoms with Crippen LogP contribution in [-0.4, -0.2) is 108 Å². The summed E-state index contributed by atoms with van der Waals surface area (Å²) in [6, 6.07) is 5.96. The fourth-order valence-corrected chi connectivity index (χ4v) is 16.3. The largest absolute Gasteiger partial charge is 0.468 e. The summed E-state index contributed by atoms with van der Waals surface area (Å²) in [5.41, 5.74) is 6.83. The number of carboxylic acid groups (broad SMARTS) is 1. The lowest BCUT2D eigenvalue weighted by atomic mass is 9.92. The van der Waals surface area contributed by atoms with Gasteiger partial charge in [-0.1, -0.05) is 77.8 Å². The van der Waals surface area contributed by atoms with Crippen LogP contribution in [0.4, 0.5) is 19.4 Å². The molecule has 14 heteroatoms. The van der Waals surface area contributed by atoms with Crippen molar-refractivity contribution in [3.8, 4) is 34.5 Å². The number of fused-ring (bicyclic) bond motifs is 5. The summed E-state index contributed by atoms with van der Waals surface area (Å²) in [5.74, 6) is 2.87. The molecule has 2 bridgehead atoms. The summed E-state index contributed by atoms with van der Waals surface area (Å²) >= 11 is 0. The number of carbonyl (C=O) groups is 1. The number of methoxy groups -OCH3 is 1. The van der Waals surface area contributed by atoms with Crippen molar-refractivity contribution in [2.75, 3.05) is 51.6 Å². The lowest BCUT2D eigenvalue weighted by Crippen LogP contribution is -2.55. The summed E-state index contributed by atoms with van der Waals surface area (Å²) in [6.45, 7) is 24.1. The molecule has 6 heterocycles. The minimum atomic E-state index is -2.32. The van der Waals surface area contributed by atoms with Crippen LogP contribution in [-0.2, 0) is 4.74 Å². The first-order valence-electron chi connectivity index (χ1n) is 21.3. The second-order valence-corrected chi connectivity index (χ2v) is 24.0. The van der Waals surface area contributed by atoms with Crippen molar-refractivity contribution in [2.24, 2.45) is 0 Å². The quantitative estimate of drug-likeness (QED) is 0.0678. The third-order valence-electron chi connectivity index (χ3n) is 13.7. The van der Waals surface area contributed by atoms with E-state index in [4.69, 9.17) is 29.2 Å². The molecule has 2 aromatic carbocycles. The monoisotopic (exact) mass is 850 g/mol. The molecule has 0 radical (unpaired) electrons. The maximum atomic E-state index is 17.8. The first kappa shape index (κ1) is 42.6. The molecule has 2 atom stereocenters. The standard InChI is InChI=1S/C47H56F2N6O5Si/c1-27(2)61(28(3)4,29(5)6)15-14-36-39(48)13-10-32-16-35(60-26-58-9)17-37(40(32)36)42-41(49)43-38(20-50-42)44(53-23-33-11-12-34(24-53)55(33)46(56)57)52-45(51-43)59-25-47-18-30(7)21-54(47)22-31(8)19-47/h10,13,16-17,20,27-29,33-34H,7-8,11-12,18-19,21-26H2,1-6,9H3,(H,56,57)/t33-,34+. The summed E-state index contributed by atoms with van der Waals surface area (Å²) in [5, 5.41) is 11.4. The van der Waals surface area contributed by atoms with Gasteiger partial charge in [-0.2, -0.15) is 9.97 Å². The van der Waals surface area contributed by atoms with Crippen LogP contribution in [0.25, 0.3) is 32.9 Å². The van der Waals surface area contributed by atoms with Gasteiger partial charge in [0, 0.05) is 50.4 Å². The first-order chi connectivity index (χ1) is 29.1. The van der Waals surface area contributed by atoms with Crippen LogP contribution in [0.2, 0.25) is 16.6 Å². The molecule has 0 saturated carbocycles. The zero-order valence-electron chi connectivity index (χ0n) is 36.3. The molecule has 61 heavy (non-hydrogen) atoms. The van der Waals surface area contributed by atoms with Crippen LogP contribution in [0, 0.1) is 23.1 Å². The van der Waals surface area contributed by atoms with Crippen LogP contribution in [0.3, 0.4) is 0 Å². The van der Waals surface area contributed by atoms with Crippen molar-refractivity contribution in [1.82, 2.24) is 24.8 Å². The van der Waals surface area contributed by atoms with Crippen molar-refractivity contribution in [3.05, 3.63) is 72.0 Å². The number of nitrogens with zero attached hydrogens (tertiary/aromatic N) is 6. The zero-order chi connectivity index (χ0) is 43.5. The van der Waals surface area contributed by atoms with Gasteiger partial charge in [-0.15, -0.1) is 5.54 Å². The highest BCUT2D eigenvalue weighted by Crippen LogP contribution is 2.45. The fourth-order valence-electron chi connectivity index (χ4n) is 11.1. The Morgan fingerprint density at radius 1 is 0.984 bits per heavy atom. The lowest BCUT2D eigenvalue weighted by Gasteiger charge is -2.40. The molecular weight excluding hydrogens is 795 g/mol. The van der Waals surface area contributed by atoms with E-state index >= 15 is 8.78 Å². The molecular formula is C47H56F2N6O5Si. The van der Waals surface area contributed by atoms with Gasteiger partial charge in [-0.05, 0) is 65.9 Å². The Kier molecular flexibility index (Phi) is 11.4. The molecule has 0 aliphatic carbocycles. The molecule has 4 aromatic rings. The van der Waals surface area contributed by atoms with Crippen molar-refractivity contribution in [3.63, 3.8) is 0 Å². The van der Waals surface area contributed by atoms with E-state index in [-0.39, 0.29) is 59.4 Å². The number of piperazine rings is 1. The van der Waals surface area contributed by atoms with Gasteiger partial charge in [0.15, 0.2) is 12.6 Å². The Hall–Kier alpha value is -5.10. The summed E-state index contributed by atoms with van der Waals surface area (Å²) in [6.07, 6.45) is 3.51. The number of ether oxygens (including phenoxy) is 3. The number of anilines is 1. The maximum Gasteiger partial charge on any atom is 0.407 e. The van der Waals surface area contributed by atoms with E-state index < -0.39 is 25.8 Å². The average Bonchev–Trinajstić information content (AvgIpc) is 3.78. The van der Waals surface area contributed by atoms with Crippen LogP contribution < -0.4 is 14.4 Å². The molecule has 0 unspecified atom stereocenters. The number of aromatic nitrogens is 3. The van der Waals surface area contributed by atoms with E-state index in [1.54, 1.807) is 24.4 Å². The molecule has 0 spiro atoms. The van der Waals surface area contributed by atoms with E-state index in [0.717, 1.165) is 37.1 Å². The second kappa shape index (κ2) is 16.3. The molecule has 1 amide bonds. The van der Waals surface area contributed by atoms with Gasteiger partial charge >= 0.3 is 12.1 Å². The van der Waals surface area contributed by atoms with E-state index in [1.807, 2.05) is 4.90 Å². The summed E-state index contributed by atoms with van der Waals surface area (Å²) < 4.78 is 51.7. The molecule has 11 nitrogen and oxygen atoms in total. The number of amides is 1. The highest BCUT2D eigenvalue weighted by molar-refractivity contribution is 6.90. The van der Waals surface area contributed by atoms with Gasteiger partial charge in [0.25, 0.3) is 0 Å². The Bertz CT molecular complexity index is 2440. The van der Waals surface area contributed by atoms with Gasteiger partial charge in [0.2, 0.25) is 0 Å². The van der Waals surface area contributed by atoms with E-state index in [2.05, 4.69) is 71.1 Å².